The van der Waals surface area contributed by atoms with Crippen LogP contribution >= 0.6 is 34.7 Å². The van der Waals surface area contributed by atoms with E-state index in [1.165, 1.54) is 11.8 Å². The molecule has 0 radical (unpaired) electrons. The predicted molar refractivity (Wildman–Crippen MR) is 102 cm³/mol. The van der Waals surface area contributed by atoms with Gasteiger partial charge in [0.1, 0.15) is 0 Å². The highest BCUT2D eigenvalue weighted by molar-refractivity contribution is 7.99. The fourth-order valence-corrected chi connectivity index (χ4v) is 5.95. The molecule has 1 amide bonds. The molecule has 1 aliphatic rings. The van der Waals surface area contributed by atoms with Gasteiger partial charge in [-0.1, -0.05) is 29.4 Å². The fraction of sp³-hybridized carbons (Fsp3) is 0.375. The van der Waals surface area contributed by atoms with E-state index in [1.54, 1.807) is 34.6 Å². The zero-order valence-electron chi connectivity index (χ0n) is 13.3. The summed E-state index contributed by atoms with van der Waals surface area (Å²) in [4.78, 5) is 19.7. The highest BCUT2D eigenvalue weighted by Crippen LogP contribution is 2.24. The Labute approximate surface area is 160 Å². The maximum absolute atomic E-state index is 12.8. The number of hydrogen-bond donors (Lipinski definition) is 0. The fourth-order valence-electron chi connectivity index (χ4n) is 2.68. The molecule has 25 heavy (non-hydrogen) atoms. The summed E-state index contributed by atoms with van der Waals surface area (Å²) < 4.78 is 23.6. The Bertz CT molecular complexity index is 823. The zero-order chi connectivity index (χ0) is 17.9. The molecule has 0 bridgehead atoms. The van der Waals surface area contributed by atoms with Crippen LogP contribution in [0.3, 0.4) is 0 Å². The molecule has 0 saturated carbocycles. The van der Waals surface area contributed by atoms with Crippen LogP contribution in [0.15, 0.2) is 40.9 Å². The van der Waals surface area contributed by atoms with Crippen molar-refractivity contribution in [3.05, 3.63) is 45.7 Å². The molecule has 2 aromatic rings. The molecule has 3 heterocycles. The van der Waals surface area contributed by atoms with Gasteiger partial charge in [0.15, 0.2) is 9.84 Å². The van der Waals surface area contributed by atoms with Crippen LogP contribution in [0, 0.1) is 0 Å². The van der Waals surface area contributed by atoms with Crippen LogP contribution in [-0.2, 0) is 21.2 Å². The number of nitrogens with zero attached hydrogens (tertiary/aromatic N) is 2. The van der Waals surface area contributed by atoms with Crippen molar-refractivity contribution in [1.82, 2.24) is 9.88 Å². The van der Waals surface area contributed by atoms with Gasteiger partial charge >= 0.3 is 0 Å². The van der Waals surface area contributed by atoms with E-state index in [-0.39, 0.29) is 29.2 Å². The van der Waals surface area contributed by atoms with Crippen LogP contribution in [0.5, 0.6) is 0 Å². The molecule has 9 heteroatoms. The molecule has 0 aliphatic carbocycles. The van der Waals surface area contributed by atoms with E-state index >= 15 is 0 Å². The molecule has 0 aromatic carbocycles. The van der Waals surface area contributed by atoms with Gasteiger partial charge < -0.3 is 4.90 Å². The van der Waals surface area contributed by atoms with Gasteiger partial charge in [0, 0.05) is 17.1 Å². The maximum Gasteiger partial charge on any atom is 0.233 e. The lowest BCUT2D eigenvalue weighted by Gasteiger charge is -2.27. The Morgan fingerprint density at radius 3 is 2.84 bits per heavy atom. The molecule has 1 fully saturated rings. The summed E-state index contributed by atoms with van der Waals surface area (Å²) in [5.74, 6) is 0.347. The van der Waals surface area contributed by atoms with Gasteiger partial charge in [-0.25, -0.2) is 13.4 Å². The van der Waals surface area contributed by atoms with E-state index in [2.05, 4.69) is 4.98 Å². The highest BCUT2D eigenvalue weighted by Gasteiger charge is 2.34. The summed E-state index contributed by atoms with van der Waals surface area (Å²) in [6, 6.07) is 7.14. The summed E-state index contributed by atoms with van der Waals surface area (Å²) >= 11 is 8.71. The third kappa shape index (κ3) is 5.20. The first-order valence-electron chi connectivity index (χ1n) is 7.69. The van der Waals surface area contributed by atoms with Crippen LogP contribution in [0.25, 0.3) is 0 Å². The SMILES string of the molecule is O=C(CSc1ccc(Cl)cn1)N(Cc1cccs1)C1CCS(=O)(=O)C1. The van der Waals surface area contributed by atoms with Crippen LogP contribution in [0.2, 0.25) is 5.02 Å². The number of rotatable bonds is 6. The molecular formula is C16H17ClN2O3S3. The first kappa shape index (κ1) is 18.7. The second-order valence-electron chi connectivity index (χ2n) is 5.76. The normalized spacial score (nSPS) is 19.0. The third-order valence-electron chi connectivity index (χ3n) is 3.92. The van der Waals surface area contributed by atoms with E-state index < -0.39 is 9.84 Å². The van der Waals surface area contributed by atoms with Crippen molar-refractivity contribution in [2.24, 2.45) is 0 Å². The molecule has 1 saturated heterocycles. The number of thiophene rings is 1. The molecular weight excluding hydrogens is 400 g/mol. The van der Waals surface area contributed by atoms with Crippen molar-refractivity contribution in [2.45, 2.75) is 24.0 Å². The predicted octanol–water partition coefficient (Wildman–Crippen LogP) is 3.10. The van der Waals surface area contributed by atoms with Gasteiger partial charge in [-0.3, -0.25) is 4.79 Å². The number of carbonyl (C=O) groups excluding carboxylic acids is 1. The van der Waals surface area contributed by atoms with Gasteiger partial charge in [0.05, 0.1) is 33.9 Å². The number of sulfone groups is 1. The van der Waals surface area contributed by atoms with Crippen molar-refractivity contribution >= 4 is 50.4 Å². The van der Waals surface area contributed by atoms with E-state index in [4.69, 9.17) is 11.6 Å². The lowest BCUT2D eigenvalue weighted by atomic mass is 10.2. The Balaban J connectivity index is 1.69. The van der Waals surface area contributed by atoms with Crippen LogP contribution < -0.4 is 0 Å². The van der Waals surface area contributed by atoms with Gasteiger partial charge in [-0.15, -0.1) is 11.3 Å². The molecule has 1 atom stereocenters. The minimum Gasteiger partial charge on any atom is -0.333 e. The lowest BCUT2D eigenvalue weighted by Crippen LogP contribution is -2.41. The standard InChI is InChI=1S/C16H17ClN2O3S3/c17-12-3-4-15(18-8-12)24-10-16(20)19(9-14-2-1-6-23-14)13-5-7-25(21,22)11-13/h1-4,6,8,13H,5,7,9-11H2. The monoisotopic (exact) mass is 416 g/mol. The Morgan fingerprint density at radius 1 is 1.40 bits per heavy atom. The van der Waals surface area contributed by atoms with Crippen molar-refractivity contribution in [2.75, 3.05) is 17.3 Å². The summed E-state index contributed by atoms with van der Waals surface area (Å²) in [6.45, 7) is 0.450. The van der Waals surface area contributed by atoms with Crippen LogP contribution in [0.1, 0.15) is 11.3 Å². The Hall–Kier alpha value is -1.09. The van der Waals surface area contributed by atoms with E-state index in [0.29, 0.717) is 23.0 Å². The number of halogens is 1. The molecule has 0 N–H and O–H groups in total. The van der Waals surface area contributed by atoms with Crippen molar-refractivity contribution < 1.29 is 13.2 Å². The number of carbonyl (C=O) groups is 1. The smallest absolute Gasteiger partial charge is 0.233 e. The largest absolute Gasteiger partial charge is 0.333 e. The van der Waals surface area contributed by atoms with Crippen molar-refractivity contribution in [1.29, 1.82) is 0 Å². The summed E-state index contributed by atoms with van der Waals surface area (Å²) in [5.41, 5.74) is 0. The third-order valence-corrected chi connectivity index (χ3v) is 7.68. The second kappa shape index (κ2) is 8.07. The number of hydrogen-bond acceptors (Lipinski definition) is 6. The molecule has 134 valence electrons. The van der Waals surface area contributed by atoms with Gasteiger partial charge in [-0.05, 0) is 30.0 Å². The zero-order valence-corrected chi connectivity index (χ0v) is 16.5. The summed E-state index contributed by atoms with van der Waals surface area (Å²) in [7, 11) is -3.05. The molecule has 1 aliphatic heterocycles. The first-order valence-corrected chi connectivity index (χ1v) is 11.8. The maximum atomic E-state index is 12.8. The molecule has 0 spiro atoms. The quantitative estimate of drug-likeness (QED) is 0.677. The number of pyridine rings is 1. The van der Waals surface area contributed by atoms with E-state index in [0.717, 1.165) is 4.88 Å². The minimum atomic E-state index is -3.05. The second-order valence-corrected chi connectivity index (χ2v) is 10.5. The summed E-state index contributed by atoms with van der Waals surface area (Å²) in [6.07, 6.45) is 2.05. The van der Waals surface area contributed by atoms with Gasteiger partial charge in [0.25, 0.3) is 0 Å². The highest BCUT2D eigenvalue weighted by atomic mass is 35.5. The van der Waals surface area contributed by atoms with Crippen LogP contribution in [-0.4, -0.2) is 47.5 Å². The van der Waals surface area contributed by atoms with Crippen LogP contribution in [0.4, 0.5) is 0 Å². The van der Waals surface area contributed by atoms with E-state index in [9.17, 15) is 13.2 Å². The molecule has 2 aromatic heterocycles. The number of aromatic nitrogens is 1. The van der Waals surface area contributed by atoms with E-state index in [1.807, 2.05) is 17.5 Å². The topological polar surface area (TPSA) is 67.3 Å². The first-order chi connectivity index (χ1) is 11.9. The molecule has 1 unspecified atom stereocenters. The average Bonchev–Trinajstić information content (AvgIpc) is 3.21. The number of thioether (sulfide) groups is 1. The lowest BCUT2D eigenvalue weighted by molar-refractivity contribution is -0.130. The molecule has 5 nitrogen and oxygen atoms in total. The average molecular weight is 417 g/mol. The van der Waals surface area contributed by atoms with Crippen molar-refractivity contribution in [3.63, 3.8) is 0 Å². The van der Waals surface area contributed by atoms with Crippen molar-refractivity contribution in [3.8, 4) is 0 Å². The minimum absolute atomic E-state index is 0.0496. The number of amides is 1. The Morgan fingerprint density at radius 2 is 2.24 bits per heavy atom. The Kier molecular flexibility index (Phi) is 6.04. The summed E-state index contributed by atoms with van der Waals surface area (Å²) in [5, 5.41) is 3.22. The molecule has 3 rings (SSSR count). The van der Waals surface area contributed by atoms with Gasteiger partial charge in [-0.2, -0.15) is 0 Å². The van der Waals surface area contributed by atoms with Gasteiger partial charge in [0.2, 0.25) is 5.91 Å².